The zero-order valence-electron chi connectivity index (χ0n) is 15.8. The van der Waals surface area contributed by atoms with Crippen molar-refractivity contribution in [3.63, 3.8) is 0 Å². The van der Waals surface area contributed by atoms with Gasteiger partial charge in [0.2, 0.25) is 10.0 Å². The van der Waals surface area contributed by atoms with Crippen molar-refractivity contribution in [2.24, 2.45) is 0 Å². The molecule has 8 heteroatoms. The van der Waals surface area contributed by atoms with Crippen molar-refractivity contribution in [1.82, 2.24) is 4.72 Å². The van der Waals surface area contributed by atoms with E-state index >= 15 is 0 Å². The Kier molecular flexibility index (Phi) is 5.20. The van der Waals surface area contributed by atoms with Gasteiger partial charge >= 0.3 is 7.12 Å². The molecule has 0 spiro atoms. The highest BCUT2D eigenvalue weighted by atomic mass is 32.2. The van der Waals surface area contributed by atoms with Crippen LogP contribution in [0.5, 0.6) is 0 Å². The minimum absolute atomic E-state index is 0.0727. The molecular weight excluding hydrogens is 368 g/mol. The van der Waals surface area contributed by atoms with Crippen LogP contribution in [0.3, 0.4) is 0 Å². The van der Waals surface area contributed by atoms with Crippen molar-refractivity contribution in [2.45, 2.75) is 50.3 Å². The van der Waals surface area contributed by atoms with E-state index in [2.05, 4.69) is 4.72 Å². The zero-order chi connectivity index (χ0) is 19.9. The third kappa shape index (κ3) is 4.08. The van der Waals surface area contributed by atoms with E-state index in [4.69, 9.17) is 9.31 Å². The molecule has 0 aliphatic carbocycles. The maximum absolute atomic E-state index is 14.3. The van der Waals surface area contributed by atoms with Crippen LogP contribution in [-0.2, 0) is 25.9 Å². The van der Waals surface area contributed by atoms with Crippen LogP contribution in [-0.4, -0.2) is 26.7 Å². The highest BCUT2D eigenvalue weighted by Gasteiger charge is 2.51. The lowest BCUT2D eigenvalue weighted by atomic mass is 9.79. The van der Waals surface area contributed by atoms with Gasteiger partial charge in [0.15, 0.2) is 0 Å². The summed E-state index contributed by atoms with van der Waals surface area (Å²) in [4.78, 5) is -0.425. The summed E-state index contributed by atoms with van der Waals surface area (Å²) >= 11 is 0. The van der Waals surface area contributed by atoms with Gasteiger partial charge in [-0.2, -0.15) is 0 Å². The van der Waals surface area contributed by atoms with Gasteiger partial charge < -0.3 is 9.31 Å². The monoisotopic (exact) mass is 391 g/mol. The minimum atomic E-state index is -4.03. The van der Waals surface area contributed by atoms with Crippen molar-refractivity contribution in [3.8, 4) is 0 Å². The van der Waals surface area contributed by atoms with Crippen molar-refractivity contribution >= 4 is 22.6 Å². The SMILES string of the molecule is CC1(C)OB(c2ccc(F)c(S(=O)(=O)NCc3ccccc3)c2)OC1(C)C. The number of halogens is 1. The van der Waals surface area contributed by atoms with E-state index in [1.54, 1.807) is 12.1 Å². The van der Waals surface area contributed by atoms with E-state index in [-0.39, 0.29) is 6.54 Å². The molecule has 3 rings (SSSR count). The van der Waals surface area contributed by atoms with E-state index in [9.17, 15) is 12.8 Å². The summed E-state index contributed by atoms with van der Waals surface area (Å²) in [6.07, 6.45) is 0. The van der Waals surface area contributed by atoms with Gasteiger partial charge in [-0.05, 0) is 50.9 Å². The van der Waals surface area contributed by atoms with Gasteiger partial charge in [0.1, 0.15) is 10.7 Å². The van der Waals surface area contributed by atoms with Crippen LogP contribution in [0.1, 0.15) is 33.3 Å². The second kappa shape index (κ2) is 7.02. The molecule has 1 N–H and O–H groups in total. The van der Waals surface area contributed by atoms with Crippen molar-refractivity contribution in [3.05, 3.63) is 59.9 Å². The maximum Gasteiger partial charge on any atom is 0.494 e. The van der Waals surface area contributed by atoms with Crippen LogP contribution >= 0.6 is 0 Å². The van der Waals surface area contributed by atoms with Gasteiger partial charge in [0, 0.05) is 6.54 Å². The fraction of sp³-hybridized carbons (Fsp3) is 0.368. The zero-order valence-corrected chi connectivity index (χ0v) is 16.6. The van der Waals surface area contributed by atoms with E-state index in [1.807, 2.05) is 45.9 Å². The molecule has 0 unspecified atom stereocenters. The third-order valence-corrected chi connectivity index (χ3v) is 6.50. The molecule has 1 aliphatic rings. The quantitative estimate of drug-likeness (QED) is 0.796. The Morgan fingerprint density at radius 3 is 2.19 bits per heavy atom. The van der Waals surface area contributed by atoms with Crippen LogP contribution in [0.15, 0.2) is 53.4 Å². The standard InChI is InChI=1S/C19H23BFNO4S/c1-18(2)19(3,4)26-20(25-18)15-10-11-16(21)17(12-15)27(23,24)22-13-14-8-6-5-7-9-14/h5-12,22H,13H2,1-4H3. The smallest absolute Gasteiger partial charge is 0.399 e. The van der Waals surface area contributed by atoms with Crippen LogP contribution < -0.4 is 10.2 Å². The lowest BCUT2D eigenvalue weighted by molar-refractivity contribution is 0.00578. The van der Waals surface area contributed by atoms with E-state index in [1.165, 1.54) is 12.1 Å². The molecule has 0 saturated carbocycles. The fourth-order valence-corrected chi connectivity index (χ4v) is 3.83. The molecule has 0 bridgehead atoms. The first-order valence-corrected chi connectivity index (χ1v) is 10.2. The summed E-state index contributed by atoms with van der Waals surface area (Å²) in [6, 6.07) is 12.9. The van der Waals surface area contributed by atoms with Gasteiger partial charge in [-0.1, -0.05) is 36.4 Å². The number of hydrogen-bond donors (Lipinski definition) is 1. The van der Waals surface area contributed by atoms with Gasteiger partial charge in [0.05, 0.1) is 11.2 Å². The van der Waals surface area contributed by atoms with Crippen molar-refractivity contribution in [1.29, 1.82) is 0 Å². The third-order valence-electron chi connectivity index (χ3n) is 5.08. The van der Waals surface area contributed by atoms with Gasteiger partial charge in [0.25, 0.3) is 0 Å². The summed E-state index contributed by atoms with van der Waals surface area (Å²) in [5, 5.41) is 0. The molecule has 144 valence electrons. The van der Waals surface area contributed by atoms with E-state index in [0.717, 1.165) is 11.6 Å². The lowest BCUT2D eigenvalue weighted by Crippen LogP contribution is -2.41. The van der Waals surface area contributed by atoms with Crippen LogP contribution in [0, 0.1) is 5.82 Å². The van der Waals surface area contributed by atoms with Gasteiger partial charge in [-0.15, -0.1) is 0 Å². The molecule has 2 aromatic carbocycles. The van der Waals surface area contributed by atoms with Crippen LogP contribution in [0.4, 0.5) is 4.39 Å². The number of benzene rings is 2. The normalized spacial score (nSPS) is 18.6. The van der Waals surface area contributed by atoms with Crippen LogP contribution in [0.2, 0.25) is 0 Å². The van der Waals surface area contributed by atoms with Gasteiger partial charge in [-0.3, -0.25) is 0 Å². The first kappa shape index (κ1) is 20.0. The Morgan fingerprint density at radius 2 is 1.59 bits per heavy atom. The van der Waals surface area contributed by atoms with Crippen LogP contribution in [0.25, 0.3) is 0 Å². The van der Waals surface area contributed by atoms with E-state index in [0.29, 0.717) is 5.46 Å². The Balaban J connectivity index is 1.85. The van der Waals surface area contributed by atoms with Gasteiger partial charge in [-0.25, -0.2) is 17.5 Å². The summed E-state index contributed by atoms with van der Waals surface area (Å²) < 4.78 is 53.8. The summed E-state index contributed by atoms with van der Waals surface area (Å²) in [5.74, 6) is -0.823. The van der Waals surface area contributed by atoms with Crippen molar-refractivity contribution < 1.29 is 22.1 Å². The fourth-order valence-electron chi connectivity index (χ4n) is 2.70. The molecule has 1 saturated heterocycles. The summed E-state index contributed by atoms with van der Waals surface area (Å²) in [6.45, 7) is 7.67. The first-order chi connectivity index (χ1) is 12.5. The predicted molar refractivity (Wildman–Crippen MR) is 103 cm³/mol. The largest absolute Gasteiger partial charge is 0.494 e. The molecule has 5 nitrogen and oxygen atoms in total. The lowest BCUT2D eigenvalue weighted by Gasteiger charge is -2.32. The molecule has 1 fully saturated rings. The molecule has 0 radical (unpaired) electrons. The Bertz CT molecular complexity index is 916. The molecule has 0 amide bonds. The topological polar surface area (TPSA) is 64.6 Å². The molecule has 2 aromatic rings. The average Bonchev–Trinajstić information content (AvgIpc) is 2.82. The molecule has 27 heavy (non-hydrogen) atoms. The second-order valence-electron chi connectivity index (χ2n) is 7.59. The number of hydrogen-bond acceptors (Lipinski definition) is 4. The molecular formula is C19H23BFNO4S. The average molecular weight is 391 g/mol. The maximum atomic E-state index is 14.3. The predicted octanol–water partition coefficient (Wildman–Crippen LogP) is 2.60. The molecule has 1 heterocycles. The van der Waals surface area contributed by atoms with E-state index < -0.39 is 39.1 Å². The Morgan fingerprint density at radius 1 is 1.00 bits per heavy atom. The number of sulfonamides is 1. The van der Waals surface area contributed by atoms with Crippen molar-refractivity contribution in [2.75, 3.05) is 0 Å². The summed E-state index contributed by atoms with van der Waals surface area (Å²) in [7, 11) is -4.80. The second-order valence-corrected chi connectivity index (χ2v) is 9.32. The molecule has 0 aromatic heterocycles. The molecule has 0 atom stereocenters. The Labute approximate surface area is 160 Å². The number of nitrogens with one attached hydrogen (secondary N) is 1. The molecule has 1 aliphatic heterocycles. The summed E-state index contributed by atoms with van der Waals surface area (Å²) in [5.41, 5.74) is 0.0894. The highest BCUT2D eigenvalue weighted by Crippen LogP contribution is 2.36. The minimum Gasteiger partial charge on any atom is -0.399 e. The highest BCUT2D eigenvalue weighted by molar-refractivity contribution is 7.89. The Hall–Kier alpha value is -1.74. The number of rotatable bonds is 5. The first-order valence-electron chi connectivity index (χ1n) is 8.70.